The lowest BCUT2D eigenvalue weighted by molar-refractivity contribution is -0.134. The number of carbonyl (C=O) groups excluding carboxylic acids is 2. The van der Waals surface area contributed by atoms with Crippen LogP contribution in [0.1, 0.15) is 49.0 Å². The van der Waals surface area contributed by atoms with E-state index >= 15 is 0 Å². The van der Waals surface area contributed by atoms with Crippen LogP contribution in [0.25, 0.3) is 0 Å². The highest BCUT2D eigenvalue weighted by Crippen LogP contribution is 2.36. The first-order chi connectivity index (χ1) is 21.3. The Hall–Kier alpha value is -4.63. The quantitative estimate of drug-likeness (QED) is 0.233. The molecule has 0 bridgehead atoms. The van der Waals surface area contributed by atoms with Crippen LogP contribution >= 0.6 is 0 Å². The number of amides is 2. The zero-order chi connectivity index (χ0) is 31.1. The molecule has 0 spiro atoms. The molecule has 7 nitrogen and oxygen atoms in total. The van der Waals surface area contributed by atoms with E-state index in [0.717, 1.165) is 16.7 Å². The summed E-state index contributed by atoms with van der Waals surface area (Å²) in [6, 6.07) is 19.5. The van der Waals surface area contributed by atoms with Crippen LogP contribution in [-0.2, 0) is 9.53 Å². The Morgan fingerprint density at radius 2 is 1.68 bits per heavy atom. The van der Waals surface area contributed by atoms with Crippen molar-refractivity contribution >= 4 is 23.9 Å². The summed E-state index contributed by atoms with van der Waals surface area (Å²) >= 11 is 0. The SMILES string of the molecule is CN=CC1=CC=C(C(Nc2ccc(F)cc2)C(CCC(O)c2ccc(F)cc2)C(=O)N2C(=O)OCC2c2ccccc2)CC1. The Labute approximate surface area is 255 Å². The van der Waals surface area contributed by atoms with Gasteiger partial charge in [0, 0.05) is 18.9 Å². The van der Waals surface area contributed by atoms with Gasteiger partial charge in [0.1, 0.15) is 24.3 Å². The van der Waals surface area contributed by atoms with Gasteiger partial charge < -0.3 is 15.2 Å². The fourth-order valence-corrected chi connectivity index (χ4v) is 5.77. The average molecular weight is 600 g/mol. The molecular weight excluding hydrogens is 564 g/mol. The van der Waals surface area contributed by atoms with Gasteiger partial charge >= 0.3 is 6.09 Å². The number of hydrogen-bond acceptors (Lipinski definition) is 6. The minimum absolute atomic E-state index is 0.0285. The minimum atomic E-state index is -0.972. The Morgan fingerprint density at radius 1 is 1.00 bits per heavy atom. The van der Waals surface area contributed by atoms with E-state index in [2.05, 4.69) is 10.3 Å². The lowest BCUT2D eigenvalue weighted by atomic mass is 9.82. The van der Waals surface area contributed by atoms with Gasteiger partial charge in [0.15, 0.2) is 0 Å². The van der Waals surface area contributed by atoms with E-state index < -0.39 is 47.7 Å². The molecule has 3 aromatic rings. The number of imide groups is 1. The fraction of sp³-hybridized carbons (Fsp3) is 0.286. The lowest BCUT2D eigenvalue weighted by Gasteiger charge is -2.34. The van der Waals surface area contributed by atoms with E-state index in [0.29, 0.717) is 24.1 Å². The summed E-state index contributed by atoms with van der Waals surface area (Å²) in [6.07, 6.45) is 5.67. The average Bonchev–Trinajstić information content (AvgIpc) is 3.43. The zero-order valence-electron chi connectivity index (χ0n) is 24.4. The van der Waals surface area contributed by atoms with Crippen LogP contribution in [-0.4, -0.2) is 47.9 Å². The van der Waals surface area contributed by atoms with Gasteiger partial charge in [-0.15, -0.1) is 0 Å². The predicted octanol–water partition coefficient (Wildman–Crippen LogP) is 6.94. The number of aliphatic hydroxyl groups is 1. The molecule has 1 heterocycles. The number of ether oxygens (including phenoxy) is 1. The first-order valence-corrected chi connectivity index (χ1v) is 14.7. The molecule has 9 heteroatoms. The molecule has 4 atom stereocenters. The van der Waals surface area contributed by atoms with Crippen LogP contribution in [0.4, 0.5) is 19.3 Å². The number of aliphatic hydroxyl groups excluding tert-OH is 1. The van der Waals surface area contributed by atoms with Crippen LogP contribution in [0, 0.1) is 17.6 Å². The standard InChI is InChI=1S/C35H35F2N3O4/c1-38-21-23-7-9-26(10-8-23)33(39-29-17-15-28(37)16-18-29)30(19-20-32(41)25-11-13-27(36)14-12-25)34(42)40-31(22-44-35(40)43)24-5-3-2-4-6-24/h2-7,9,11-18,21,30-33,39,41H,8,10,19-20,22H2,1H3. The second-order valence-electron chi connectivity index (χ2n) is 11.0. The molecule has 0 aromatic heterocycles. The number of allylic oxidation sites excluding steroid dienone is 3. The predicted molar refractivity (Wildman–Crippen MR) is 165 cm³/mol. The highest BCUT2D eigenvalue weighted by Gasteiger charge is 2.44. The Morgan fingerprint density at radius 3 is 2.32 bits per heavy atom. The second-order valence-corrected chi connectivity index (χ2v) is 11.0. The Bertz CT molecular complexity index is 1540. The van der Waals surface area contributed by atoms with Gasteiger partial charge in [-0.2, -0.15) is 0 Å². The van der Waals surface area contributed by atoms with Gasteiger partial charge in [0.25, 0.3) is 0 Å². The highest BCUT2D eigenvalue weighted by molar-refractivity contribution is 5.96. The normalized spacial score (nSPS) is 18.8. The maximum Gasteiger partial charge on any atom is 0.417 e. The van der Waals surface area contributed by atoms with E-state index in [1.54, 1.807) is 25.4 Å². The number of benzene rings is 3. The minimum Gasteiger partial charge on any atom is -0.446 e. The van der Waals surface area contributed by atoms with Gasteiger partial charge in [-0.3, -0.25) is 9.79 Å². The molecule has 4 unspecified atom stereocenters. The number of nitrogens with one attached hydrogen (secondary N) is 1. The summed E-state index contributed by atoms with van der Waals surface area (Å²) in [4.78, 5) is 33.0. The van der Waals surface area contributed by atoms with E-state index in [1.165, 1.54) is 41.3 Å². The molecule has 2 amide bonds. The second kappa shape index (κ2) is 14.2. The number of anilines is 1. The van der Waals surface area contributed by atoms with Crippen molar-refractivity contribution in [1.82, 2.24) is 4.90 Å². The molecule has 1 aliphatic carbocycles. The summed E-state index contributed by atoms with van der Waals surface area (Å²) in [7, 11) is 1.71. The topological polar surface area (TPSA) is 91.2 Å². The molecule has 5 rings (SSSR count). The summed E-state index contributed by atoms with van der Waals surface area (Å²) in [5.41, 5.74) is 3.84. The highest BCUT2D eigenvalue weighted by atomic mass is 19.1. The molecular formula is C35H35F2N3O4. The van der Waals surface area contributed by atoms with Gasteiger partial charge in [-0.1, -0.05) is 54.6 Å². The largest absolute Gasteiger partial charge is 0.446 e. The van der Waals surface area contributed by atoms with E-state index in [-0.39, 0.29) is 19.4 Å². The van der Waals surface area contributed by atoms with E-state index in [9.17, 15) is 23.5 Å². The Kier molecular flexibility index (Phi) is 9.96. The van der Waals surface area contributed by atoms with Crippen molar-refractivity contribution in [2.24, 2.45) is 10.9 Å². The molecule has 0 radical (unpaired) electrons. The lowest BCUT2D eigenvalue weighted by Crippen LogP contribution is -2.46. The van der Waals surface area contributed by atoms with Crippen LogP contribution < -0.4 is 5.32 Å². The third kappa shape index (κ3) is 7.29. The Balaban J connectivity index is 1.53. The van der Waals surface area contributed by atoms with Crippen molar-refractivity contribution in [3.05, 3.63) is 125 Å². The van der Waals surface area contributed by atoms with Crippen LogP contribution in [0.15, 0.2) is 107 Å². The molecule has 0 saturated carbocycles. The number of cyclic esters (lactones) is 1. The van der Waals surface area contributed by atoms with Crippen molar-refractivity contribution in [1.29, 1.82) is 0 Å². The van der Waals surface area contributed by atoms with E-state index in [1.807, 2.05) is 42.5 Å². The first-order valence-electron chi connectivity index (χ1n) is 14.7. The molecule has 1 saturated heterocycles. The van der Waals surface area contributed by atoms with E-state index in [4.69, 9.17) is 4.74 Å². The fourth-order valence-electron chi connectivity index (χ4n) is 5.77. The van der Waals surface area contributed by atoms with Crippen LogP contribution in [0.3, 0.4) is 0 Å². The maximum absolute atomic E-state index is 14.6. The van der Waals surface area contributed by atoms with Crippen molar-refractivity contribution < 1.29 is 28.2 Å². The first kappa shape index (κ1) is 30.8. The molecule has 44 heavy (non-hydrogen) atoms. The number of carbonyl (C=O) groups is 2. The van der Waals surface area contributed by atoms with Crippen molar-refractivity contribution in [2.45, 2.75) is 43.9 Å². The number of hydrogen-bond donors (Lipinski definition) is 2. The van der Waals surface area contributed by atoms with Crippen molar-refractivity contribution in [2.75, 3.05) is 19.0 Å². The smallest absolute Gasteiger partial charge is 0.417 e. The number of aliphatic imine (C=N–C) groups is 1. The summed E-state index contributed by atoms with van der Waals surface area (Å²) in [5.74, 6) is -2.08. The van der Waals surface area contributed by atoms with Crippen molar-refractivity contribution in [3.63, 3.8) is 0 Å². The van der Waals surface area contributed by atoms with Crippen LogP contribution in [0.5, 0.6) is 0 Å². The number of nitrogens with zero attached hydrogens (tertiary/aromatic N) is 2. The van der Waals surface area contributed by atoms with Gasteiger partial charge in [0.2, 0.25) is 5.91 Å². The zero-order valence-corrected chi connectivity index (χ0v) is 24.4. The monoisotopic (exact) mass is 599 g/mol. The third-order valence-corrected chi connectivity index (χ3v) is 8.09. The van der Waals surface area contributed by atoms with Gasteiger partial charge in [-0.05, 0) is 84.4 Å². The maximum atomic E-state index is 14.6. The molecule has 1 fully saturated rings. The van der Waals surface area contributed by atoms with Crippen LogP contribution in [0.2, 0.25) is 0 Å². The summed E-state index contributed by atoms with van der Waals surface area (Å²) in [5, 5.41) is 14.5. The van der Waals surface area contributed by atoms with Gasteiger partial charge in [-0.25, -0.2) is 18.5 Å². The molecule has 228 valence electrons. The van der Waals surface area contributed by atoms with Crippen molar-refractivity contribution in [3.8, 4) is 0 Å². The molecule has 2 aliphatic rings. The molecule has 1 aliphatic heterocycles. The molecule has 3 aromatic carbocycles. The van der Waals surface area contributed by atoms with Gasteiger partial charge in [0.05, 0.1) is 18.1 Å². The molecule has 2 N–H and O–H groups in total. The number of halogens is 2. The summed E-state index contributed by atoms with van der Waals surface area (Å²) < 4.78 is 32.7. The number of rotatable bonds is 11. The third-order valence-electron chi connectivity index (χ3n) is 8.09. The summed E-state index contributed by atoms with van der Waals surface area (Å²) in [6.45, 7) is 0.0285.